The zero-order valence-electron chi connectivity index (χ0n) is 18.6. The Labute approximate surface area is 200 Å². The number of carbonyl (C=O) groups is 2. The smallest absolute Gasteiger partial charge is 0.257 e. The molecule has 0 aliphatic carbocycles. The lowest BCUT2D eigenvalue weighted by Gasteiger charge is -2.12. The van der Waals surface area contributed by atoms with E-state index in [1.807, 2.05) is 49.4 Å². The maximum Gasteiger partial charge on any atom is 0.257 e. The molecule has 2 N–H and O–H groups in total. The summed E-state index contributed by atoms with van der Waals surface area (Å²) in [6.07, 6.45) is 0. The van der Waals surface area contributed by atoms with Gasteiger partial charge in [-0.1, -0.05) is 48.2 Å². The van der Waals surface area contributed by atoms with Gasteiger partial charge in [0, 0.05) is 5.69 Å². The zero-order valence-corrected chi connectivity index (χ0v) is 19.4. The number of para-hydroxylation sites is 3. The van der Waals surface area contributed by atoms with Crippen LogP contribution in [-0.4, -0.2) is 44.9 Å². The van der Waals surface area contributed by atoms with E-state index in [1.54, 1.807) is 37.4 Å². The largest absolute Gasteiger partial charge is 0.494 e. The average molecular weight is 475 g/mol. The molecule has 34 heavy (non-hydrogen) atoms. The first-order valence-electron chi connectivity index (χ1n) is 10.4. The number of aromatic nitrogens is 4. The van der Waals surface area contributed by atoms with Crippen molar-refractivity contribution in [2.75, 3.05) is 23.5 Å². The number of thioether (sulfide) groups is 1. The molecule has 0 fully saturated rings. The standard InChI is InChI=1S/C24H22N6O3S/c1-16-8-7-9-17(14-16)25-23(32)18-10-3-4-11-19(18)26-22(31)15-34-24-27-28-29-30(24)20-12-5-6-13-21(20)33-2/h3-14H,15H2,1-2H3,(H,25,32)(H,26,31). The topological polar surface area (TPSA) is 111 Å². The van der Waals surface area contributed by atoms with Gasteiger partial charge in [-0.25, -0.2) is 0 Å². The number of anilines is 2. The van der Waals surface area contributed by atoms with Crippen LogP contribution in [0.4, 0.5) is 11.4 Å². The van der Waals surface area contributed by atoms with Gasteiger partial charge in [-0.2, -0.15) is 4.68 Å². The summed E-state index contributed by atoms with van der Waals surface area (Å²) < 4.78 is 6.88. The summed E-state index contributed by atoms with van der Waals surface area (Å²) in [5, 5.41) is 17.9. The van der Waals surface area contributed by atoms with Crippen molar-refractivity contribution in [3.8, 4) is 11.4 Å². The molecule has 0 bridgehead atoms. The third-order valence-corrected chi connectivity index (χ3v) is 5.73. The molecule has 0 saturated heterocycles. The molecule has 4 aromatic rings. The van der Waals surface area contributed by atoms with Gasteiger partial charge in [0.2, 0.25) is 11.1 Å². The highest BCUT2D eigenvalue weighted by atomic mass is 32.2. The third-order valence-electron chi connectivity index (χ3n) is 4.81. The Hall–Kier alpha value is -4.18. The summed E-state index contributed by atoms with van der Waals surface area (Å²) >= 11 is 1.17. The number of hydrogen-bond donors (Lipinski definition) is 2. The van der Waals surface area contributed by atoms with Crippen LogP contribution in [-0.2, 0) is 4.79 Å². The van der Waals surface area contributed by atoms with E-state index in [-0.39, 0.29) is 17.6 Å². The van der Waals surface area contributed by atoms with Crippen LogP contribution in [0.1, 0.15) is 15.9 Å². The number of benzene rings is 3. The van der Waals surface area contributed by atoms with Crippen molar-refractivity contribution in [1.82, 2.24) is 20.2 Å². The summed E-state index contributed by atoms with van der Waals surface area (Å²) in [6.45, 7) is 1.95. The van der Waals surface area contributed by atoms with Crippen molar-refractivity contribution >= 4 is 35.0 Å². The summed E-state index contributed by atoms with van der Waals surface area (Å²) in [5.41, 5.74) is 3.16. The molecular formula is C24H22N6O3S. The molecule has 0 aliphatic heterocycles. The average Bonchev–Trinajstić information content (AvgIpc) is 3.31. The summed E-state index contributed by atoms with van der Waals surface area (Å²) in [6, 6.07) is 21.7. The van der Waals surface area contributed by atoms with E-state index in [0.717, 1.165) is 5.56 Å². The van der Waals surface area contributed by atoms with Gasteiger partial charge < -0.3 is 15.4 Å². The first-order chi connectivity index (χ1) is 16.5. The molecule has 0 spiro atoms. The van der Waals surface area contributed by atoms with E-state index in [1.165, 1.54) is 16.4 Å². The second kappa shape index (κ2) is 10.6. The predicted octanol–water partition coefficient (Wildman–Crippen LogP) is 3.96. The molecule has 172 valence electrons. The Morgan fingerprint density at radius 1 is 1.00 bits per heavy atom. The number of methoxy groups -OCH3 is 1. The monoisotopic (exact) mass is 474 g/mol. The Balaban J connectivity index is 1.43. The van der Waals surface area contributed by atoms with Crippen molar-refractivity contribution in [3.63, 3.8) is 0 Å². The highest BCUT2D eigenvalue weighted by Crippen LogP contribution is 2.26. The van der Waals surface area contributed by atoms with Crippen LogP contribution in [0.5, 0.6) is 5.75 Å². The Morgan fingerprint density at radius 2 is 1.79 bits per heavy atom. The van der Waals surface area contributed by atoms with Crippen LogP contribution in [0, 0.1) is 6.92 Å². The van der Waals surface area contributed by atoms with E-state index >= 15 is 0 Å². The number of nitrogens with zero attached hydrogens (tertiary/aromatic N) is 4. The predicted molar refractivity (Wildman–Crippen MR) is 131 cm³/mol. The van der Waals surface area contributed by atoms with E-state index in [4.69, 9.17) is 4.74 Å². The number of nitrogens with one attached hydrogen (secondary N) is 2. The van der Waals surface area contributed by atoms with Gasteiger partial charge in [0.1, 0.15) is 11.4 Å². The summed E-state index contributed by atoms with van der Waals surface area (Å²) in [4.78, 5) is 25.5. The van der Waals surface area contributed by atoms with E-state index in [2.05, 4.69) is 26.2 Å². The van der Waals surface area contributed by atoms with Gasteiger partial charge in [-0.3, -0.25) is 9.59 Å². The molecule has 0 aliphatic rings. The van der Waals surface area contributed by atoms with Crippen LogP contribution >= 0.6 is 11.8 Å². The molecule has 3 aromatic carbocycles. The van der Waals surface area contributed by atoms with Crippen LogP contribution in [0.3, 0.4) is 0 Å². The third kappa shape index (κ3) is 5.41. The molecule has 0 saturated carbocycles. The lowest BCUT2D eigenvalue weighted by Crippen LogP contribution is -2.19. The molecule has 1 heterocycles. The summed E-state index contributed by atoms with van der Waals surface area (Å²) in [7, 11) is 1.57. The van der Waals surface area contributed by atoms with E-state index in [9.17, 15) is 9.59 Å². The van der Waals surface area contributed by atoms with E-state index < -0.39 is 0 Å². The molecule has 4 rings (SSSR count). The van der Waals surface area contributed by atoms with Crippen LogP contribution < -0.4 is 15.4 Å². The molecule has 0 radical (unpaired) electrons. The summed E-state index contributed by atoms with van der Waals surface area (Å²) in [5.74, 6) is 0.0443. The molecule has 9 nitrogen and oxygen atoms in total. The Morgan fingerprint density at radius 3 is 2.62 bits per heavy atom. The number of rotatable bonds is 8. The van der Waals surface area contributed by atoms with Crippen molar-refractivity contribution in [2.45, 2.75) is 12.1 Å². The van der Waals surface area contributed by atoms with Gasteiger partial charge in [0.25, 0.3) is 5.91 Å². The fourth-order valence-electron chi connectivity index (χ4n) is 3.25. The maximum absolute atomic E-state index is 12.8. The number of aryl methyl sites for hydroxylation is 1. The highest BCUT2D eigenvalue weighted by molar-refractivity contribution is 7.99. The lowest BCUT2D eigenvalue weighted by molar-refractivity contribution is -0.113. The minimum Gasteiger partial charge on any atom is -0.494 e. The van der Waals surface area contributed by atoms with Crippen molar-refractivity contribution in [1.29, 1.82) is 0 Å². The fraction of sp³-hybridized carbons (Fsp3) is 0.125. The number of amides is 2. The first-order valence-corrected chi connectivity index (χ1v) is 11.3. The van der Waals surface area contributed by atoms with E-state index in [0.29, 0.717) is 33.5 Å². The highest BCUT2D eigenvalue weighted by Gasteiger charge is 2.17. The number of hydrogen-bond acceptors (Lipinski definition) is 7. The Bertz CT molecular complexity index is 1320. The number of carbonyl (C=O) groups excluding carboxylic acids is 2. The number of tetrazole rings is 1. The maximum atomic E-state index is 12.8. The van der Waals surface area contributed by atoms with Gasteiger partial charge in [-0.15, -0.1) is 5.10 Å². The second-order valence-electron chi connectivity index (χ2n) is 7.25. The van der Waals surface area contributed by atoms with Crippen molar-refractivity contribution < 1.29 is 14.3 Å². The fourth-order valence-corrected chi connectivity index (χ4v) is 3.94. The zero-order chi connectivity index (χ0) is 23.9. The van der Waals surface area contributed by atoms with Gasteiger partial charge >= 0.3 is 0 Å². The van der Waals surface area contributed by atoms with Crippen LogP contribution in [0.15, 0.2) is 78.0 Å². The van der Waals surface area contributed by atoms with Crippen LogP contribution in [0.2, 0.25) is 0 Å². The molecule has 0 atom stereocenters. The van der Waals surface area contributed by atoms with Gasteiger partial charge in [0.15, 0.2) is 0 Å². The molecule has 0 unspecified atom stereocenters. The van der Waals surface area contributed by atoms with Crippen molar-refractivity contribution in [2.24, 2.45) is 0 Å². The quantitative estimate of drug-likeness (QED) is 0.372. The molecular weight excluding hydrogens is 452 g/mol. The minimum atomic E-state index is -0.311. The van der Waals surface area contributed by atoms with Gasteiger partial charge in [-0.05, 0) is 59.3 Å². The van der Waals surface area contributed by atoms with Crippen LogP contribution in [0.25, 0.3) is 5.69 Å². The van der Waals surface area contributed by atoms with Crippen molar-refractivity contribution in [3.05, 3.63) is 83.9 Å². The van der Waals surface area contributed by atoms with Gasteiger partial charge in [0.05, 0.1) is 24.1 Å². The normalized spacial score (nSPS) is 10.5. The molecule has 10 heteroatoms. The Kier molecular flexibility index (Phi) is 7.19. The molecule has 1 aromatic heterocycles. The minimum absolute atomic E-state index is 0.0450. The first kappa shape index (κ1) is 23.0. The number of ether oxygens (including phenoxy) is 1. The SMILES string of the molecule is COc1ccccc1-n1nnnc1SCC(=O)Nc1ccccc1C(=O)Nc1cccc(C)c1. The molecule has 2 amide bonds. The second-order valence-corrected chi connectivity index (χ2v) is 8.19. The lowest BCUT2D eigenvalue weighted by atomic mass is 10.1.